The van der Waals surface area contributed by atoms with Gasteiger partial charge in [0.1, 0.15) is 5.82 Å². The summed E-state index contributed by atoms with van der Waals surface area (Å²) >= 11 is 0. The zero-order valence-electron chi connectivity index (χ0n) is 18.3. The second-order valence-electron chi connectivity index (χ2n) is 9.12. The molecule has 0 aromatic heterocycles. The topological polar surface area (TPSA) is 92.4 Å². The Morgan fingerprint density at radius 3 is 2.69 bits per heavy atom. The highest BCUT2D eigenvalue weighted by atomic mass is 19.1. The monoisotopic (exact) mass is 434 g/mol. The van der Waals surface area contributed by atoms with Crippen LogP contribution in [0, 0.1) is 11.7 Å². The summed E-state index contributed by atoms with van der Waals surface area (Å²) in [6.45, 7) is 7.08. The van der Waals surface area contributed by atoms with Gasteiger partial charge in [-0.05, 0) is 97.6 Å². The number of carbonyl (C=O) groups excluding carboxylic acids is 2. The highest BCUT2D eigenvalue weighted by molar-refractivity contribution is 6.01. The maximum absolute atomic E-state index is 14.3. The molecule has 2 aromatic carbocycles. The first kappa shape index (κ1) is 22.0. The molecule has 0 heterocycles. The summed E-state index contributed by atoms with van der Waals surface area (Å²) in [4.78, 5) is 23.9. The number of aliphatic hydroxyl groups is 1. The number of hydrogen-bond donors (Lipinski definition) is 3. The fourth-order valence-corrected chi connectivity index (χ4v) is 4.93. The molecule has 0 saturated heterocycles. The standard InChI is InChI=1S/C26H27FN2O3/c1-4-23(30)29-22-13-14(5-10-21(22)27)17-8-9-19(25(28)31)20-12-15-11-16(26(2,3)32)6-7-18(15)24(17)20/h4-5,8-10,13,16,32H,1,6-7,11-12H2,2-3H3,(H2,28,31)(H,29,30). The van der Waals surface area contributed by atoms with E-state index in [1.165, 1.54) is 17.2 Å². The minimum Gasteiger partial charge on any atom is -0.390 e. The molecule has 1 atom stereocenters. The van der Waals surface area contributed by atoms with Crippen molar-refractivity contribution >= 4 is 23.1 Å². The van der Waals surface area contributed by atoms with E-state index in [0.717, 1.165) is 47.6 Å². The minimum atomic E-state index is -0.780. The molecule has 0 spiro atoms. The number of benzene rings is 2. The van der Waals surface area contributed by atoms with E-state index in [4.69, 9.17) is 5.73 Å². The van der Waals surface area contributed by atoms with E-state index >= 15 is 0 Å². The van der Waals surface area contributed by atoms with Crippen molar-refractivity contribution in [1.82, 2.24) is 0 Å². The van der Waals surface area contributed by atoms with Crippen LogP contribution in [0.5, 0.6) is 0 Å². The van der Waals surface area contributed by atoms with Crippen molar-refractivity contribution in [2.24, 2.45) is 11.7 Å². The summed E-state index contributed by atoms with van der Waals surface area (Å²) in [7, 11) is 0. The number of halogens is 1. The van der Waals surface area contributed by atoms with Gasteiger partial charge in [0.2, 0.25) is 11.8 Å². The van der Waals surface area contributed by atoms with Gasteiger partial charge in [-0.1, -0.05) is 24.3 Å². The zero-order valence-corrected chi connectivity index (χ0v) is 18.3. The normalized spacial score (nSPS) is 17.6. The van der Waals surface area contributed by atoms with Crippen LogP contribution in [0.1, 0.15) is 54.6 Å². The molecule has 0 bridgehead atoms. The van der Waals surface area contributed by atoms with E-state index in [1.54, 1.807) is 18.2 Å². The SMILES string of the molecule is C=CC(=O)Nc1cc(-c2ccc(C(N)=O)c3c2C2=C(C3)CC(C(C)(C)O)CC2)ccc1F. The molecular formula is C26H27FN2O3. The second kappa shape index (κ2) is 8.02. The number of fused-ring (bicyclic) bond motifs is 2. The molecule has 0 saturated carbocycles. The largest absolute Gasteiger partial charge is 0.390 e. The lowest BCUT2D eigenvalue weighted by Gasteiger charge is -2.33. The Balaban J connectivity index is 1.84. The number of allylic oxidation sites excluding steroid dienone is 2. The van der Waals surface area contributed by atoms with Gasteiger partial charge in [0.15, 0.2) is 0 Å². The van der Waals surface area contributed by atoms with Crippen LogP contribution in [-0.4, -0.2) is 22.5 Å². The molecule has 32 heavy (non-hydrogen) atoms. The number of carbonyl (C=O) groups is 2. The van der Waals surface area contributed by atoms with Crippen LogP contribution in [0.15, 0.2) is 48.6 Å². The van der Waals surface area contributed by atoms with E-state index < -0.39 is 23.2 Å². The number of hydrogen-bond acceptors (Lipinski definition) is 3. The van der Waals surface area contributed by atoms with Gasteiger partial charge in [0.05, 0.1) is 11.3 Å². The zero-order chi connectivity index (χ0) is 23.2. The van der Waals surface area contributed by atoms with Gasteiger partial charge in [0.25, 0.3) is 0 Å². The Morgan fingerprint density at radius 2 is 2.03 bits per heavy atom. The highest BCUT2D eigenvalue weighted by Crippen LogP contribution is 2.50. The number of primary amides is 1. The van der Waals surface area contributed by atoms with Gasteiger partial charge in [-0.25, -0.2) is 4.39 Å². The third kappa shape index (κ3) is 3.86. The molecule has 2 amide bonds. The third-order valence-electron chi connectivity index (χ3n) is 6.65. The summed E-state index contributed by atoms with van der Waals surface area (Å²) in [5, 5.41) is 13.0. The van der Waals surface area contributed by atoms with Crippen molar-refractivity contribution < 1.29 is 19.1 Å². The summed E-state index contributed by atoms with van der Waals surface area (Å²) in [5.74, 6) is -1.38. The maximum atomic E-state index is 14.3. The average Bonchev–Trinajstić information content (AvgIpc) is 3.12. The molecule has 0 fully saturated rings. The lowest BCUT2D eigenvalue weighted by molar-refractivity contribution is -0.111. The summed E-state index contributed by atoms with van der Waals surface area (Å²) in [5.41, 5.74) is 11.3. The Labute approximate surface area is 186 Å². The van der Waals surface area contributed by atoms with Gasteiger partial charge < -0.3 is 16.2 Å². The molecule has 2 aromatic rings. The number of amides is 2. The first-order valence-electron chi connectivity index (χ1n) is 10.7. The van der Waals surface area contributed by atoms with E-state index in [2.05, 4.69) is 11.9 Å². The molecule has 166 valence electrons. The van der Waals surface area contributed by atoms with Crippen molar-refractivity contribution in [2.45, 2.75) is 45.1 Å². The van der Waals surface area contributed by atoms with Crippen LogP contribution in [0.25, 0.3) is 16.7 Å². The lowest BCUT2D eigenvalue weighted by atomic mass is 9.76. The third-order valence-corrected chi connectivity index (χ3v) is 6.65. The van der Waals surface area contributed by atoms with E-state index in [1.807, 2.05) is 19.9 Å². The summed E-state index contributed by atoms with van der Waals surface area (Å²) < 4.78 is 14.3. The van der Waals surface area contributed by atoms with Crippen molar-refractivity contribution in [3.63, 3.8) is 0 Å². The van der Waals surface area contributed by atoms with E-state index in [-0.39, 0.29) is 11.6 Å². The van der Waals surface area contributed by atoms with Crippen LogP contribution in [0.3, 0.4) is 0 Å². The molecule has 5 nitrogen and oxygen atoms in total. The number of rotatable bonds is 5. The first-order valence-corrected chi connectivity index (χ1v) is 10.7. The van der Waals surface area contributed by atoms with Gasteiger partial charge >= 0.3 is 0 Å². The molecular weight excluding hydrogens is 407 g/mol. The van der Waals surface area contributed by atoms with Gasteiger partial charge in [-0.2, -0.15) is 0 Å². The fourth-order valence-electron chi connectivity index (χ4n) is 4.93. The maximum Gasteiger partial charge on any atom is 0.249 e. The molecule has 2 aliphatic carbocycles. The highest BCUT2D eigenvalue weighted by Gasteiger charge is 2.37. The van der Waals surface area contributed by atoms with Crippen LogP contribution < -0.4 is 11.1 Å². The predicted octanol–water partition coefficient (Wildman–Crippen LogP) is 4.60. The van der Waals surface area contributed by atoms with Crippen LogP contribution in [0.4, 0.5) is 10.1 Å². The average molecular weight is 435 g/mol. The summed E-state index contributed by atoms with van der Waals surface area (Å²) in [6, 6.07) is 8.13. The van der Waals surface area contributed by atoms with Crippen LogP contribution in [-0.2, 0) is 11.2 Å². The summed E-state index contributed by atoms with van der Waals surface area (Å²) in [6.07, 6.45) is 4.09. The molecule has 4 rings (SSSR count). The Morgan fingerprint density at radius 1 is 1.28 bits per heavy atom. The van der Waals surface area contributed by atoms with Crippen molar-refractivity contribution in [1.29, 1.82) is 0 Å². The predicted molar refractivity (Wildman–Crippen MR) is 123 cm³/mol. The molecule has 0 aliphatic heterocycles. The van der Waals surface area contributed by atoms with Gasteiger partial charge in [-0.3, -0.25) is 9.59 Å². The van der Waals surface area contributed by atoms with Gasteiger partial charge in [-0.15, -0.1) is 0 Å². The molecule has 0 radical (unpaired) electrons. The number of anilines is 1. The molecule has 4 N–H and O–H groups in total. The molecule has 6 heteroatoms. The Kier molecular flexibility index (Phi) is 5.51. The van der Waals surface area contributed by atoms with Crippen LogP contribution in [0.2, 0.25) is 0 Å². The minimum absolute atomic E-state index is 0.0677. The number of nitrogens with one attached hydrogen (secondary N) is 1. The van der Waals surface area contributed by atoms with E-state index in [0.29, 0.717) is 12.0 Å². The Bertz CT molecular complexity index is 1170. The molecule has 2 aliphatic rings. The second-order valence-corrected chi connectivity index (χ2v) is 9.12. The van der Waals surface area contributed by atoms with Crippen molar-refractivity contribution in [3.8, 4) is 11.1 Å². The first-order chi connectivity index (χ1) is 15.1. The van der Waals surface area contributed by atoms with Crippen LogP contribution >= 0.6 is 0 Å². The molecule has 1 unspecified atom stereocenters. The number of nitrogens with two attached hydrogens (primary N) is 1. The van der Waals surface area contributed by atoms with Crippen molar-refractivity contribution in [2.75, 3.05) is 5.32 Å². The van der Waals surface area contributed by atoms with Gasteiger partial charge in [0, 0.05) is 5.56 Å². The lowest BCUT2D eigenvalue weighted by Crippen LogP contribution is -2.32. The fraction of sp³-hybridized carbons (Fsp3) is 0.308. The smallest absolute Gasteiger partial charge is 0.249 e. The Hall–Kier alpha value is -3.25. The van der Waals surface area contributed by atoms with E-state index in [9.17, 15) is 19.1 Å². The quantitative estimate of drug-likeness (QED) is 0.601. The van der Waals surface area contributed by atoms with Crippen molar-refractivity contribution in [3.05, 3.63) is 71.1 Å².